The lowest BCUT2D eigenvalue weighted by atomic mass is 10.2. The molecule has 0 spiro atoms. The van der Waals surface area contributed by atoms with E-state index in [2.05, 4.69) is 28.7 Å². The van der Waals surface area contributed by atoms with E-state index in [4.69, 9.17) is 0 Å². The largest absolute Gasteiger partial charge is 0.291 e. The maximum Gasteiger partial charge on any atom is 0.159 e. The Hall–Kier alpha value is -1.03. The van der Waals surface area contributed by atoms with Crippen LogP contribution in [0.3, 0.4) is 0 Å². The van der Waals surface area contributed by atoms with Crippen LogP contribution in [0.5, 0.6) is 0 Å². The first-order valence-corrected chi connectivity index (χ1v) is 5.41. The van der Waals surface area contributed by atoms with Crippen LogP contribution >= 0.6 is 0 Å². The van der Waals surface area contributed by atoms with Crippen molar-refractivity contribution < 1.29 is 4.39 Å². The highest BCUT2D eigenvalue weighted by Crippen LogP contribution is 2.31. The van der Waals surface area contributed by atoms with Gasteiger partial charge in [0.25, 0.3) is 0 Å². The molecule has 1 aromatic heterocycles. The minimum Gasteiger partial charge on any atom is -0.291 e. The molecule has 1 aromatic rings. The Morgan fingerprint density at radius 1 is 1.40 bits per heavy atom. The Labute approximate surface area is 89.3 Å². The molecule has 15 heavy (non-hydrogen) atoms. The SMILES string of the molecule is CC(C)N1CCC[C@@H]1c1ncc(F)cn1. The molecule has 1 saturated heterocycles. The van der Waals surface area contributed by atoms with E-state index in [1.807, 2.05) is 0 Å². The van der Waals surface area contributed by atoms with Gasteiger partial charge in [0.2, 0.25) is 0 Å². The fraction of sp³-hybridized carbons (Fsp3) is 0.636. The molecular formula is C11H16FN3. The molecule has 0 saturated carbocycles. The number of halogens is 1. The summed E-state index contributed by atoms with van der Waals surface area (Å²) in [4.78, 5) is 10.5. The topological polar surface area (TPSA) is 29.0 Å². The highest BCUT2D eigenvalue weighted by molar-refractivity contribution is 5.00. The maximum absolute atomic E-state index is 12.7. The zero-order valence-corrected chi connectivity index (χ0v) is 9.15. The molecule has 1 atom stereocenters. The monoisotopic (exact) mass is 209 g/mol. The van der Waals surface area contributed by atoms with E-state index in [0.29, 0.717) is 6.04 Å². The first-order valence-electron chi connectivity index (χ1n) is 5.41. The smallest absolute Gasteiger partial charge is 0.159 e. The van der Waals surface area contributed by atoms with Crippen LogP contribution in [0.1, 0.15) is 38.6 Å². The Balaban J connectivity index is 2.19. The van der Waals surface area contributed by atoms with Gasteiger partial charge in [-0.15, -0.1) is 0 Å². The summed E-state index contributed by atoms with van der Waals surface area (Å²) in [5.74, 6) is 0.385. The minimum absolute atomic E-state index is 0.269. The molecule has 0 N–H and O–H groups in total. The second kappa shape index (κ2) is 4.23. The average molecular weight is 209 g/mol. The molecule has 1 aliphatic heterocycles. The van der Waals surface area contributed by atoms with Crippen LogP contribution in [0, 0.1) is 5.82 Å². The fourth-order valence-corrected chi connectivity index (χ4v) is 2.18. The molecule has 0 unspecified atom stereocenters. The summed E-state index contributed by atoms with van der Waals surface area (Å²) in [7, 11) is 0. The Bertz CT molecular complexity index is 323. The van der Waals surface area contributed by atoms with E-state index in [0.717, 1.165) is 18.8 Å². The van der Waals surface area contributed by atoms with Crippen molar-refractivity contribution in [2.45, 2.75) is 38.8 Å². The first-order chi connectivity index (χ1) is 7.18. The molecule has 0 amide bonds. The first kappa shape index (κ1) is 10.5. The highest BCUT2D eigenvalue weighted by Gasteiger charge is 2.29. The quantitative estimate of drug-likeness (QED) is 0.747. The predicted octanol–water partition coefficient (Wildman–Crippen LogP) is 2.16. The number of hydrogen-bond donors (Lipinski definition) is 0. The van der Waals surface area contributed by atoms with Crippen molar-refractivity contribution in [2.75, 3.05) is 6.54 Å². The summed E-state index contributed by atoms with van der Waals surface area (Å²) < 4.78 is 12.7. The van der Waals surface area contributed by atoms with Gasteiger partial charge in [0, 0.05) is 6.04 Å². The van der Waals surface area contributed by atoms with Gasteiger partial charge in [-0.25, -0.2) is 14.4 Å². The predicted molar refractivity (Wildman–Crippen MR) is 55.8 cm³/mol. The average Bonchev–Trinajstić information content (AvgIpc) is 2.67. The van der Waals surface area contributed by atoms with Gasteiger partial charge in [0.05, 0.1) is 18.4 Å². The van der Waals surface area contributed by atoms with Gasteiger partial charge in [-0.1, -0.05) is 0 Å². The fourth-order valence-electron chi connectivity index (χ4n) is 2.18. The normalized spacial score (nSPS) is 22.5. The van der Waals surface area contributed by atoms with Gasteiger partial charge in [-0.3, -0.25) is 4.90 Å². The molecule has 1 aliphatic rings. The van der Waals surface area contributed by atoms with Crippen LogP contribution in [0.15, 0.2) is 12.4 Å². The molecular weight excluding hydrogens is 193 g/mol. The van der Waals surface area contributed by atoms with Crippen molar-refractivity contribution in [3.63, 3.8) is 0 Å². The molecule has 3 nitrogen and oxygen atoms in total. The highest BCUT2D eigenvalue weighted by atomic mass is 19.1. The summed E-state index contributed by atoms with van der Waals surface area (Å²) in [6.07, 6.45) is 4.74. The van der Waals surface area contributed by atoms with Crippen LogP contribution in [-0.4, -0.2) is 27.5 Å². The van der Waals surface area contributed by atoms with Gasteiger partial charge >= 0.3 is 0 Å². The molecule has 0 aliphatic carbocycles. The minimum atomic E-state index is -0.368. The molecule has 0 aromatic carbocycles. The van der Waals surface area contributed by atoms with Gasteiger partial charge < -0.3 is 0 Å². The molecule has 0 radical (unpaired) electrons. The van der Waals surface area contributed by atoms with Crippen molar-refractivity contribution in [1.82, 2.24) is 14.9 Å². The van der Waals surface area contributed by atoms with Crippen molar-refractivity contribution in [1.29, 1.82) is 0 Å². The third kappa shape index (κ3) is 2.15. The Morgan fingerprint density at radius 2 is 2.07 bits per heavy atom. The van der Waals surface area contributed by atoms with Crippen LogP contribution in [0.2, 0.25) is 0 Å². The van der Waals surface area contributed by atoms with E-state index in [1.54, 1.807) is 0 Å². The van der Waals surface area contributed by atoms with E-state index in [-0.39, 0.29) is 11.9 Å². The number of hydrogen-bond acceptors (Lipinski definition) is 3. The zero-order chi connectivity index (χ0) is 10.8. The summed E-state index contributed by atoms with van der Waals surface area (Å²) >= 11 is 0. The Kier molecular flexibility index (Phi) is 2.95. The summed E-state index contributed by atoms with van der Waals surface area (Å²) in [5.41, 5.74) is 0. The van der Waals surface area contributed by atoms with Crippen molar-refractivity contribution >= 4 is 0 Å². The van der Waals surface area contributed by atoms with Gasteiger partial charge in [-0.05, 0) is 33.2 Å². The van der Waals surface area contributed by atoms with Crippen LogP contribution in [0.25, 0.3) is 0 Å². The van der Waals surface area contributed by atoms with Gasteiger partial charge in [0.1, 0.15) is 5.82 Å². The van der Waals surface area contributed by atoms with Crippen LogP contribution in [-0.2, 0) is 0 Å². The number of likely N-dealkylation sites (tertiary alicyclic amines) is 1. The van der Waals surface area contributed by atoms with E-state index >= 15 is 0 Å². The molecule has 0 bridgehead atoms. The lowest BCUT2D eigenvalue weighted by Crippen LogP contribution is -2.31. The summed E-state index contributed by atoms with van der Waals surface area (Å²) in [6, 6.07) is 0.761. The van der Waals surface area contributed by atoms with E-state index in [9.17, 15) is 4.39 Å². The van der Waals surface area contributed by atoms with Crippen LogP contribution < -0.4 is 0 Å². The van der Waals surface area contributed by atoms with E-state index in [1.165, 1.54) is 18.8 Å². The molecule has 1 fully saturated rings. The van der Waals surface area contributed by atoms with Crippen molar-refractivity contribution in [3.8, 4) is 0 Å². The van der Waals surface area contributed by atoms with Gasteiger partial charge in [-0.2, -0.15) is 0 Å². The second-order valence-electron chi connectivity index (χ2n) is 4.25. The zero-order valence-electron chi connectivity index (χ0n) is 9.15. The number of aromatic nitrogens is 2. The third-order valence-electron chi connectivity index (χ3n) is 2.90. The summed E-state index contributed by atoms with van der Waals surface area (Å²) in [5, 5.41) is 0. The van der Waals surface area contributed by atoms with Crippen molar-refractivity contribution in [3.05, 3.63) is 24.0 Å². The molecule has 4 heteroatoms. The second-order valence-corrected chi connectivity index (χ2v) is 4.25. The standard InChI is InChI=1S/C11H16FN3/c1-8(2)15-5-3-4-10(15)11-13-6-9(12)7-14-11/h6-8,10H,3-5H2,1-2H3/t10-/m1/s1. The lowest BCUT2D eigenvalue weighted by Gasteiger charge is -2.26. The third-order valence-corrected chi connectivity index (χ3v) is 2.90. The molecule has 2 rings (SSSR count). The van der Waals surface area contributed by atoms with Crippen molar-refractivity contribution in [2.24, 2.45) is 0 Å². The molecule has 2 heterocycles. The lowest BCUT2D eigenvalue weighted by molar-refractivity contribution is 0.198. The Morgan fingerprint density at radius 3 is 2.67 bits per heavy atom. The number of rotatable bonds is 2. The molecule has 82 valence electrons. The van der Waals surface area contributed by atoms with Crippen LogP contribution in [0.4, 0.5) is 4.39 Å². The van der Waals surface area contributed by atoms with Gasteiger partial charge in [0.15, 0.2) is 5.82 Å². The summed E-state index contributed by atoms with van der Waals surface area (Å²) in [6.45, 7) is 5.42. The maximum atomic E-state index is 12.7. The van der Waals surface area contributed by atoms with E-state index < -0.39 is 0 Å². The number of nitrogens with zero attached hydrogens (tertiary/aromatic N) is 3.